The van der Waals surface area contributed by atoms with Gasteiger partial charge in [-0.3, -0.25) is 4.98 Å². The Morgan fingerprint density at radius 1 is 1.24 bits per heavy atom. The van der Waals surface area contributed by atoms with Gasteiger partial charge in [-0.05, 0) is 30.2 Å². The number of pyridine rings is 1. The van der Waals surface area contributed by atoms with E-state index in [0.717, 1.165) is 16.9 Å². The number of ether oxygens (including phenoxy) is 1. The molecule has 0 aromatic carbocycles. The smallest absolute Gasteiger partial charge is 0.137 e. The molecule has 0 spiro atoms. The first-order valence-corrected chi connectivity index (χ1v) is 5.41. The van der Waals surface area contributed by atoms with E-state index in [-0.39, 0.29) is 6.04 Å². The minimum absolute atomic E-state index is 0.265. The van der Waals surface area contributed by atoms with Crippen molar-refractivity contribution in [3.63, 3.8) is 0 Å². The summed E-state index contributed by atoms with van der Waals surface area (Å²) in [4.78, 5) is 4.11. The van der Waals surface area contributed by atoms with E-state index in [4.69, 9.17) is 10.5 Å². The zero-order chi connectivity index (χ0) is 12.1. The second-order valence-electron chi connectivity index (χ2n) is 3.54. The van der Waals surface area contributed by atoms with Crippen LogP contribution < -0.4 is 10.5 Å². The van der Waals surface area contributed by atoms with Crippen LogP contribution in [0.25, 0.3) is 0 Å². The number of rotatable bonds is 4. The molecule has 0 saturated carbocycles. The summed E-state index contributed by atoms with van der Waals surface area (Å²) in [5.74, 6) is 0.725. The van der Waals surface area contributed by atoms with Crippen molar-refractivity contribution >= 4 is 0 Å². The molecule has 17 heavy (non-hydrogen) atoms. The van der Waals surface area contributed by atoms with Crippen LogP contribution in [0.5, 0.6) is 5.75 Å². The first kappa shape index (κ1) is 11.5. The van der Waals surface area contributed by atoms with Crippen molar-refractivity contribution in [1.82, 2.24) is 15.2 Å². The monoisotopic (exact) mass is 230 g/mol. The lowest BCUT2D eigenvalue weighted by molar-refractivity contribution is 0.338. The third-order valence-electron chi connectivity index (χ3n) is 2.37. The maximum Gasteiger partial charge on any atom is 0.137 e. The van der Waals surface area contributed by atoms with Crippen molar-refractivity contribution < 1.29 is 4.74 Å². The Kier molecular flexibility index (Phi) is 3.62. The molecular formula is C12H14N4O. The molecule has 0 saturated heterocycles. The predicted molar refractivity (Wildman–Crippen MR) is 63.5 cm³/mol. The van der Waals surface area contributed by atoms with E-state index >= 15 is 0 Å². The highest BCUT2D eigenvalue weighted by atomic mass is 16.5. The number of nitrogens with zero attached hydrogens (tertiary/aromatic N) is 3. The quantitative estimate of drug-likeness (QED) is 0.857. The Morgan fingerprint density at radius 3 is 2.82 bits per heavy atom. The van der Waals surface area contributed by atoms with Gasteiger partial charge in [-0.2, -0.15) is 10.2 Å². The molecule has 0 bridgehead atoms. The number of hydrogen-bond donors (Lipinski definition) is 1. The summed E-state index contributed by atoms with van der Waals surface area (Å²) in [6.07, 6.45) is 6.67. The maximum atomic E-state index is 6.12. The highest BCUT2D eigenvalue weighted by Gasteiger charge is 2.10. The van der Waals surface area contributed by atoms with Gasteiger partial charge in [0.1, 0.15) is 5.75 Å². The first-order valence-electron chi connectivity index (χ1n) is 5.41. The fourth-order valence-corrected chi connectivity index (χ4v) is 1.53. The summed E-state index contributed by atoms with van der Waals surface area (Å²) >= 11 is 0. The Bertz CT molecular complexity index is 475. The molecule has 0 radical (unpaired) electrons. The number of aromatic nitrogens is 3. The molecule has 2 aromatic rings. The minimum Gasteiger partial charge on any atom is -0.492 e. The van der Waals surface area contributed by atoms with Crippen LogP contribution in [-0.2, 0) is 0 Å². The van der Waals surface area contributed by atoms with Crippen LogP contribution in [0.3, 0.4) is 0 Å². The molecule has 2 aromatic heterocycles. The van der Waals surface area contributed by atoms with E-state index in [2.05, 4.69) is 15.2 Å². The van der Waals surface area contributed by atoms with Gasteiger partial charge in [0.15, 0.2) is 0 Å². The van der Waals surface area contributed by atoms with Gasteiger partial charge < -0.3 is 10.5 Å². The van der Waals surface area contributed by atoms with Gasteiger partial charge in [0, 0.05) is 12.4 Å². The minimum atomic E-state index is -0.265. The Morgan fingerprint density at radius 2 is 2.12 bits per heavy atom. The highest BCUT2D eigenvalue weighted by Crippen LogP contribution is 2.21. The molecule has 5 heteroatoms. The molecule has 0 aliphatic carbocycles. The molecule has 5 nitrogen and oxygen atoms in total. The lowest BCUT2D eigenvalue weighted by Crippen LogP contribution is -2.12. The third-order valence-corrected chi connectivity index (χ3v) is 2.37. The molecule has 2 N–H and O–H groups in total. The molecule has 0 aliphatic rings. The molecule has 0 aliphatic heterocycles. The summed E-state index contributed by atoms with van der Waals surface area (Å²) in [6.45, 7) is 2.54. The van der Waals surface area contributed by atoms with E-state index in [1.807, 2.05) is 19.1 Å². The van der Waals surface area contributed by atoms with E-state index in [9.17, 15) is 0 Å². The fraction of sp³-hybridized carbons (Fsp3) is 0.250. The molecule has 1 atom stereocenters. The van der Waals surface area contributed by atoms with Crippen LogP contribution in [-0.4, -0.2) is 21.8 Å². The zero-order valence-corrected chi connectivity index (χ0v) is 9.58. The first-order chi connectivity index (χ1) is 8.31. The van der Waals surface area contributed by atoms with Crippen LogP contribution in [0.4, 0.5) is 0 Å². The maximum absolute atomic E-state index is 6.12. The van der Waals surface area contributed by atoms with Gasteiger partial charge >= 0.3 is 0 Å². The summed E-state index contributed by atoms with van der Waals surface area (Å²) < 4.78 is 5.39. The fourth-order valence-electron chi connectivity index (χ4n) is 1.53. The molecular weight excluding hydrogens is 216 g/mol. The predicted octanol–water partition coefficient (Wildman–Crippen LogP) is 1.32. The van der Waals surface area contributed by atoms with E-state index in [1.165, 1.54) is 0 Å². The summed E-state index contributed by atoms with van der Waals surface area (Å²) in [7, 11) is 0. The third kappa shape index (κ3) is 2.76. The average Bonchev–Trinajstić information content (AvgIpc) is 2.40. The van der Waals surface area contributed by atoms with Crippen molar-refractivity contribution in [2.75, 3.05) is 6.61 Å². The van der Waals surface area contributed by atoms with Gasteiger partial charge in [0.05, 0.1) is 25.0 Å². The standard InChI is InChI=1S/C12H14N4O/c1-2-17-11-5-10(6-14-8-11)12(13)9-3-4-15-16-7-9/h3-8,12H,2,13H2,1H3. The second-order valence-corrected chi connectivity index (χ2v) is 3.54. The van der Waals surface area contributed by atoms with Gasteiger partial charge in [0.2, 0.25) is 0 Å². The van der Waals surface area contributed by atoms with Crippen LogP contribution in [0, 0.1) is 0 Å². The lowest BCUT2D eigenvalue weighted by Gasteiger charge is -2.12. The highest BCUT2D eigenvalue weighted by molar-refractivity contribution is 5.31. The molecule has 2 heterocycles. The molecule has 88 valence electrons. The Balaban J connectivity index is 2.25. The van der Waals surface area contributed by atoms with Gasteiger partial charge in [0.25, 0.3) is 0 Å². The van der Waals surface area contributed by atoms with Crippen LogP contribution in [0.15, 0.2) is 36.9 Å². The molecule has 2 rings (SSSR count). The van der Waals surface area contributed by atoms with Crippen molar-refractivity contribution in [2.45, 2.75) is 13.0 Å². The summed E-state index contributed by atoms with van der Waals surface area (Å²) in [6, 6.07) is 3.46. The summed E-state index contributed by atoms with van der Waals surface area (Å²) in [5, 5.41) is 7.53. The topological polar surface area (TPSA) is 73.9 Å². The second kappa shape index (κ2) is 5.36. The number of nitrogens with two attached hydrogens (primary N) is 1. The molecule has 1 unspecified atom stereocenters. The zero-order valence-electron chi connectivity index (χ0n) is 9.58. The van der Waals surface area contributed by atoms with Crippen molar-refractivity contribution in [3.05, 3.63) is 48.0 Å². The van der Waals surface area contributed by atoms with Crippen LogP contribution >= 0.6 is 0 Å². The van der Waals surface area contributed by atoms with E-state index in [1.54, 1.807) is 24.8 Å². The summed E-state index contributed by atoms with van der Waals surface area (Å²) in [5.41, 5.74) is 7.91. The Labute approximate surface area is 99.7 Å². The molecule has 0 fully saturated rings. The van der Waals surface area contributed by atoms with Gasteiger partial charge in [-0.1, -0.05) is 0 Å². The lowest BCUT2D eigenvalue weighted by atomic mass is 10.0. The largest absolute Gasteiger partial charge is 0.492 e. The normalized spacial score (nSPS) is 12.1. The van der Waals surface area contributed by atoms with E-state index < -0.39 is 0 Å². The molecule has 0 amide bonds. The SMILES string of the molecule is CCOc1cncc(C(N)c2ccnnc2)c1. The van der Waals surface area contributed by atoms with Gasteiger partial charge in [-0.15, -0.1) is 0 Å². The number of hydrogen-bond acceptors (Lipinski definition) is 5. The Hall–Kier alpha value is -2.01. The van der Waals surface area contributed by atoms with Crippen LogP contribution in [0.2, 0.25) is 0 Å². The van der Waals surface area contributed by atoms with Crippen molar-refractivity contribution in [3.8, 4) is 5.75 Å². The average molecular weight is 230 g/mol. The van der Waals surface area contributed by atoms with Crippen molar-refractivity contribution in [2.24, 2.45) is 5.73 Å². The van der Waals surface area contributed by atoms with Crippen LogP contribution in [0.1, 0.15) is 24.1 Å². The van der Waals surface area contributed by atoms with Crippen molar-refractivity contribution in [1.29, 1.82) is 0 Å². The van der Waals surface area contributed by atoms with Gasteiger partial charge in [-0.25, -0.2) is 0 Å². The van der Waals surface area contributed by atoms with E-state index in [0.29, 0.717) is 6.61 Å².